The first-order chi connectivity index (χ1) is 11.5. The maximum atomic E-state index is 12.0. The van der Waals surface area contributed by atoms with Gasteiger partial charge in [-0.3, -0.25) is 25.2 Å². The van der Waals surface area contributed by atoms with E-state index in [9.17, 15) is 14.4 Å². The first kappa shape index (κ1) is 17.0. The van der Waals surface area contributed by atoms with E-state index in [1.165, 1.54) is 13.2 Å². The molecule has 3 amide bonds. The Kier molecular flexibility index (Phi) is 5.51. The third kappa shape index (κ3) is 4.33. The van der Waals surface area contributed by atoms with Crippen LogP contribution in [0.25, 0.3) is 0 Å². The average Bonchev–Trinajstić information content (AvgIpc) is 2.59. The molecule has 0 unspecified atom stereocenters. The summed E-state index contributed by atoms with van der Waals surface area (Å²) in [6.45, 7) is 1.86. The molecule has 0 aliphatic carbocycles. The van der Waals surface area contributed by atoms with E-state index in [1.807, 2.05) is 13.0 Å². The number of ether oxygens (including phenoxy) is 1. The molecule has 7 nitrogen and oxygen atoms in total. The Bertz CT molecular complexity index is 774. The fraction of sp³-hybridized carbons (Fsp3) is 0.118. The van der Waals surface area contributed by atoms with Gasteiger partial charge >= 0.3 is 11.8 Å². The van der Waals surface area contributed by atoms with Crippen LogP contribution in [0.3, 0.4) is 0 Å². The van der Waals surface area contributed by atoms with Crippen LogP contribution in [-0.4, -0.2) is 24.8 Å². The van der Waals surface area contributed by atoms with E-state index >= 15 is 0 Å². The van der Waals surface area contributed by atoms with Crippen molar-refractivity contribution >= 4 is 23.4 Å². The normalized spacial score (nSPS) is 9.75. The summed E-state index contributed by atoms with van der Waals surface area (Å²) in [5, 5.41) is 2.44. The Morgan fingerprint density at radius 1 is 0.917 bits per heavy atom. The number of aryl methyl sites for hydroxylation is 1. The number of carbonyl (C=O) groups excluding carboxylic acids is 3. The molecule has 0 fully saturated rings. The molecule has 0 heterocycles. The van der Waals surface area contributed by atoms with E-state index in [4.69, 9.17) is 4.74 Å². The zero-order chi connectivity index (χ0) is 17.5. The Hall–Kier alpha value is -3.35. The average molecular weight is 327 g/mol. The topological polar surface area (TPSA) is 96.5 Å². The number of hydrogen-bond donors (Lipinski definition) is 3. The number of carbonyl (C=O) groups is 3. The van der Waals surface area contributed by atoms with Crippen molar-refractivity contribution in [2.75, 3.05) is 12.4 Å². The largest absolute Gasteiger partial charge is 0.496 e. The second kappa shape index (κ2) is 7.77. The third-order valence-corrected chi connectivity index (χ3v) is 3.12. The van der Waals surface area contributed by atoms with Crippen molar-refractivity contribution in [3.05, 3.63) is 59.7 Å². The van der Waals surface area contributed by atoms with E-state index in [2.05, 4.69) is 16.2 Å². The maximum absolute atomic E-state index is 12.0. The highest BCUT2D eigenvalue weighted by molar-refractivity contribution is 6.39. The number of hydrogen-bond acceptors (Lipinski definition) is 4. The van der Waals surface area contributed by atoms with Crippen LogP contribution in [0.2, 0.25) is 0 Å². The standard InChI is InChI=1S/C17H17N3O4/c1-11-6-5-7-12(10-11)18-16(22)17(23)20-19-15(21)13-8-3-4-9-14(13)24-2/h3-10H,1-2H3,(H,18,22)(H,19,21)(H,20,23). The van der Waals surface area contributed by atoms with Crippen molar-refractivity contribution < 1.29 is 19.1 Å². The number of benzene rings is 2. The number of rotatable bonds is 3. The van der Waals surface area contributed by atoms with Crippen molar-refractivity contribution in [2.45, 2.75) is 6.92 Å². The summed E-state index contributed by atoms with van der Waals surface area (Å²) in [6.07, 6.45) is 0. The second-order valence-corrected chi connectivity index (χ2v) is 4.93. The number of methoxy groups -OCH3 is 1. The predicted octanol–water partition coefficient (Wildman–Crippen LogP) is 1.40. The lowest BCUT2D eigenvalue weighted by Gasteiger charge is -2.10. The van der Waals surface area contributed by atoms with Gasteiger partial charge in [-0.2, -0.15) is 0 Å². The number of para-hydroxylation sites is 1. The van der Waals surface area contributed by atoms with Crippen LogP contribution in [0.15, 0.2) is 48.5 Å². The highest BCUT2D eigenvalue weighted by atomic mass is 16.5. The number of amides is 3. The lowest BCUT2D eigenvalue weighted by molar-refractivity contribution is -0.136. The molecule has 2 rings (SSSR count). The first-order valence-corrected chi connectivity index (χ1v) is 7.12. The Morgan fingerprint density at radius 3 is 2.38 bits per heavy atom. The van der Waals surface area contributed by atoms with Crippen LogP contribution < -0.4 is 20.9 Å². The second-order valence-electron chi connectivity index (χ2n) is 4.93. The van der Waals surface area contributed by atoms with Gasteiger partial charge in [-0.15, -0.1) is 0 Å². The fourth-order valence-electron chi connectivity index (χ4n) is 1.98. The summed E-state index contributed by atoms with van der Waals surface area (Å²) in [7, 11) is 1.43. The van der Waals surface area contributed by atoms with Crippen LogP contribution in [0, 0.1) is 6.92 Å². The van der Waals surface area contributed by atoms with Gasteiger partial charge in [0.15, 0.2) is 0 Å². The molecule has 0 atom stereocenters. The quantitative estimate of drug-likeness (QED) is 0.586. The number of nitrogens with one attached hydrogen (secondary N) is 3. The number of anilines is 1. The number of hydrazine groups is 1. The molecule has 0 bridgehead atoms. The molecule has 0 radical (unpaired) electrons. The molecule has 0 aliphatic rings. The lowest BCUT2D eigenvalue weighted by Crippen LogP contribution is -2.46. The first-order valence-electron chi connectivity index (χ1n) is 7.12. The van der Waals surface area contributed by atoms with Gasteiger partial charge in [-0.05, 0) is 36.8 Å². The minimum atomic E-state index is -0.986. The Balaban J connectivity index is 1.92. The Morgan fingerprint density at radius 2 is 1.67 bits per heavy atom. The molecule has 3 N–H and O–H groups in total. The van der Waals surface area contributed by atoms with Crippen LogP contribution in [0.1, 0.15) is 15.9 Å². The minimum absolute atomic E-state index is 0.236. The molecule has 124 valence electrons. The lowest BCUT2D eigenvalue weighted by atomic mass is 10.2. The van der Waals surface area contributed by atoms with E-state index in [1.54, 1.807) is 36.4 Å². The summed E-state index contributed by atoms with van der Waals surface area (Å²) in [5.74, 6) is -2.11. The molecular weight excluding hydrogens is 310 g/mol. The van der Waals surface area contributed by atoms with E-state index in [0.29, 0.717) is 11.4 Å². The van der Waals surface area contributed by atoms with E-state index in [-0.39, 0.29) is 5.56 Å². The fourth-order valence-corrected chi connectivity index (χ4v) is 1.98. The van der Waals surface area contributed by atoms with Crippen molar-refractivity contribution in [3.8, 4) is 5.75 Å². The van der Waals surface area contributed by atoms with Crippen LogP contribution in [0.4, 0.5) is 5.69 Å². The minimum Gasteiger partial charge on any atom is -0.496 e. The molecule has 2 aromatic rings. The molecule has 2 aromatic carbocycles. The summed E-state index contributed by atoms with van der Waals surface area (Å²) in [6, 6.07) is 13.5. The van der Waals surface area contributed by atoms with Gasteiger partial charge in [-0.25, -0.2) is 0 Å². The van der Waals surface area contributed by atoms with Crippen molar-refractivity contribution in [1.29, 1.82) is 0 Å². The predicted molar refractivity (Wildman–Crippen MR) is 88.4 cm³/mol. The van der Waals surface area contributed by atoms with Gasteiger partial charge in [0.25, 0.3) is 5.91 Å². The van der Waals surface area contributed by atoms with Gasteiger partial charge in [0.05, 0.1) is 12.7 Å². The zero-order valence-electron chi connectivity index (χ0n) is 13.3. The third-order valence-electron chi connectivity index (χ3n) is 3.12. The van der Waals surface area contributed by atoms with Crippen molar-refractivity contribution in [3.63, 3.8) is 0 Å². The van der Waals surface area contributed by atoms with Gasteiger partial charge in [0.2, 0.25) is 0 Å². The van der Waals surface area contributed by atoms with E-state index in [0.717, 1.165) is 5.56 Å². The smallest absolute Gasteiger partial charge is 0.328 e. The molecule has 0 saturated carbocycles. The summed E-state index contributed by atoms with van der Waals surface area (Å²) in [5.41, 5.74) is 5.90. The molecule has 0 aromatic heterocycles. The molecule has 24 heavy (non-hydrogen) atoms. The van der Waals surface area contributed by atoms with Gasteiger partial charge in [-0.1, -0.05) is 24.3 Å². The molecule has 7 heteroatoms. The monoisotopic (exact) mass is 327 g/mol. The molecule has 0 saturated heterocycles. The molecule has 0 spiro atoms. The zero-order valence-corrected chi connectivity index (χ0v) is 13.3. The highest BCUT2D eigenvalue weighted by Crippen LogP contribution is 2.16. The maximum Gasteiger partial charge on any atom is 0.328 e. The van der Waals surface area contributed by atoms with Crippen molar-refractivity contribution in [1.82, 2.24) is 10.9 Å². The van der Waals surface area contributed by atoms with Gasteiger partial charge in [0.1, 0.15) is 5.75 Å². The highest BCUT2D eigenvalue weighted by Gasteiger charge is 2.16. The van der Waals surface area contributed by atoms with Crippen LogP contribution >= 0.6 is 0 Å². The van der Waals surface area contributed by atoms with E-state index < -0.39 is 17.7 Å². The van der Waals surface area contributed by atoms with Crippen molar-refractivity contribution in [2.24, 2.45) is 0 Å². The van der Waals surface area contributed by atoms with Crippen LogP contribution in [-0.2, 0) is 9.59 Å². The van der Waals surface area contributed by atoms with Crippen LogP contribution in [0.5, 0.6) is 5.75 Å². The Labute approximate surface area is 139 Å². The molecule has 0 aliphatic heterocycles. The van der Waals surface area contributed by atoms with Gasteiger partial charge in [0, 0.05) is 5.69 Å². The van der Waals surface area contributed by atoms with Gasteiger partial charge < -0.3 is 10.1 Å². The SMILES string of the molecule is COc1ccccc1C(=O)NNC(=O)C(=O)Nc1cccc(C)c1. The summed E-state index contributed by atoms with van der Waals surface area (Å²) >= 11 is 0. The summed E-state index contributed by atoms with van der Waals surface area (Å²) < 4.78 is 5.06. The molecular formula is C17H17N3O4. The summed E-state index contributed by atoms with van der Waals surface area (Å²) in [4.78, 5) is 35.6.